The average Bonchev–Trinajstić information content (AvgIpc) is 2.37. The highest BCUT2D eigenvalue weighted by Crippen LogP contribution is 2.13. The van der Waals surface area contributed by atoms with Crippen LogP contribution in [0.25, 0.3) is 0 Å². The van der Waals surface area contributed by atoms with Gasteiger partial charge in [-0.25, -0.2) is 4.39 Å². The fourth-order valence-electron chi connectivity index (χ4n) is 2.01. The van der Waals surface area contributed by atoms with Crippen LogP contribution in [0.2, 0.25) is 0 Å². The summed E-state index contributed by atoms with van der Waals surface area (Å²) in [4.78, 5) is 11.9. The first-order valence-electron chi connectivity index (χ1n) is 6.40. The molecule has 0 aliphatic heterocycles. The van der Waals surface area contributed by atoms with Crippen molar-refractivity contribution < 1.29 is 9.18 Å². The van der Waals surface area contributed by atoms with E-state index in [1.165, 1.54) is 18.2 Å². The van der Waals surface area contributed by atoms with Crippen LogP contribution in [0.5, 0.6) is 0 Å². The largest absolute Gasteiger partial charge is 0.332 e. The lowest BCUT2D eigenvalue weighted by Crippen LogP contribution is -2.34. The smallest absolute Gasteiger partial charge is 0.257 e. The Bertz CT molecular complexity index is 680. The van der Waals surface area contributed by atoms with Crippen molar-refractivity contribution in [1.82, 2.24) is 5.32 Å². The van der Waals surface area contributed by atoms with Gasteiger partial charge in [0.25, 0.3) is 5.91 Å². The third-order valence-corrected chi connectivity index (χ3v) is 3.00. The van der Waals surface area contributed by atoms with Crippen LogP contribution in [-0.4, -0.2) is 11.0 Å². The predicted octanol–water partition coefficient (Wildman–Crippen LogP) is 3.57. The number of rotatable bonds is 2. The molecule has 0 bridgehead atoms. The Kier molecular flexibility index (Phi) is 4.65. The lowest BCUT2D eigenvalue weighted by atomic mass is 10.1. The Morgan fingerprint density at radius 1 is 1.10 bits per heavy atom. The first kappa shape index (κ1) is 15.1. The molecule has 2 aromatic carbocycles. The van der Waals surface area contributed by atoms with Crippen molar-refractivity contribution in [2.75, 3.05) is 5.32 Å². The van der Waals surface area contributed by atoms with Crippen LogP contribution in [0.3, 0.4) is 0 Å². The lowest BCUT2D eigenvalue weighted by Gasteiger charge is -2.11. The van der Waals surface area contributed by atoms with E-state index in [0.717, 1.165) is 22.9 Å². The zero-order valence-corrected chi connectivity index (χ0v) is 12.6. The molecular weight excluding hydrogens is 287 g/mol. The number of halogens is 1. The second kappa shape index (κ2) is 6.45. The maximum Gasteiger partial charge on any atom is 0.257 e. The summed E-state index contributed by atoms with van der Waals surface area (Å²) in [6, 6.07) is 11.3. The molecule has 0 heterocycles. The monoisotopic (exact) mass is 302 g/mol. The molecule has 2 N–H and O–H groups in total. The van der Waals surface area contributed by atoms with Gasteiger partial charge >= 0.3 is 0 Å². The molecule has 108 valence electrons. The summed E-state index contributed by atoms with van der Waals surface area (Å²) in [5, 5.41) is 5.65. The van der Waals surface area contributed by atoms with Crippen molar-refractivity contribution in [3.8, 4) is 0 Å². The molecule has 0 spiro atoms. The van der Waals surface area contributed by atoms with E-state index in [-0.39, 0.29) is 10.7 Å². The van der Waals surface area contributed by atoms with Gasteiger partial charge in [0.2, 0.25) is 0 Å². The number of amides is 1. The van der Waals surface area contributed by atoms with Gasteiger partial charge < -0.3 is 5.32 Å². The molecule has 0 saturated carbocycles. The van der Waals surface area contributed by atoms with E-state index in [9.17, 15) is 9.18 Å². The van der Waals surface area contributed by atoms with Crippen molar-refractivity contribution >= 4 is 28.9 Å². The molecule has 0 fully saturated rings. The molecule has 0 aliphatic carbocycles. The van der Waals surface area contributed by atoms with Crippen molar-refractivity contribution in [3.05, 3.63) is 65.0 Å². The van der Waals surface area contributed by atoms with Gasteiger partial charge in [-0.3, -0.25) is 10.1 Å². The molecule has 0 unspecified atom stereocenters. The van der Waals surface area contributed by atoms with E-state index in [1.54, 1.807) is 0 Å². The van der Waals surface area contributed by atoms with Gasteiger partial charge in [-0.1, -0.05) is 12.1 Å². The Morgan fingerprint density at radius 3 is 2.38 bits per heavy atom. The number of hydrogen-bond acceptors (Lipinski definition) is 2. The van der Waals surface area contributed by atoms with E-state index in [2.05, 4.69) is 10.6 Å². The van der Waals surface area contributed by atoms with Crippen LogP contribution in [0, 0.1) is 19.7 Å². The normalized spacial score (nSPS) is 10.0. The quantitative estimate of drug-likeness (QED) is 0.833. The van der Waals surface area contributed by atoms with Gasteiger partial charge in [-0.05, 0) is 67.5 Å². The van der Waals surface area contributed by atoms with Crippen molar-refractivity contribution in [2.24, 2.45) is 0 Å². The summed E-state index contributed by atoms with van der Waals surface area (Å²) >= 11 is 5.09. The minimum Gasteiger partial charge on any atom is -0.332 e. The number of anilines is 1. The molecule has 3 nitrogen and oxygen atoms in total. The van der Waals surface area contributed by atoms with Crippen LogP contribution in [-0.2, 0) is 0 Å². The summed E-state index contributed by atoms with van der Waals surface area (Å²) in [5.74, 6) is -0.910. The number of aryl methyl sites for hydroxylation is 2. The minimum absolute atomic E-state index is 0.175. The molecule has 0 saturated heterocycles. The maximum atomic E-state index is 13.1. The van der Waals surface area contributed by atoms with Gasteiger partial charge in [-0.2, -0.15) is 0 Å². The number of thiocarbonyl (C=S) groups is 1. The standard InChI is InChI=1S/C16H15FN2OS/c1-10-6-11(2)8-14(7-10)18-16(21)19-15(20)12-4-3-5-13(17)9-12/h3-9H,1-2H3,(H2,18,19,20,21). The summed E-state index contributed by atoms with van der Waals surface area (Å²) in [7, 11) is 0. The first-order valence-corrected chi connectivity index (χ1v) is 6.81. The third-order valence-electron chi connectivity index (χ3n) is 2.79. The first-order chi connectivity index (χ1) is 9.94. The van der Waals surface area contributed by atoms with Gasteiger partial charge in [0.05, 0.1) is 0 Å². The van der Waals surface area contributed by atoms with Crippen LogP contribution < -0.4 is 10.6 Å². The summed E-state index contributed by atoms with van der Waals surface area (Å²) in [6.07, 6.45) is 0. The number of carbonyl (C=O) groups is 1. The highest BCUT2D eigenvalue weighted by Gasteiger charge is 2.08. The van der Waals surface area contributed by atoms with E-state index in [1.807, 2.05) is 32.0 Å². The van der Waals surface area contributed by atoms with E-state index >= 15 is 0 Å². The van der Waals surface area contributed by atoms with Gasteiger partial charge in [0, 0.05) is 11.3 Å². The molecule has 2 rings (SSSR count). The fourth-order valence-corrected chi connectivity index (χ4v) is 2.22. The van der Waals surface area contributed by atoms with Crippen LogP contribution >= 0.6 is 12.2 Å². The van der Waals surface area contributed by atoms with Crippen molar-refractivity contribution in [2.45, 2.75) is 13.8 Å². The molecular formula is C16H15FN2OS. The lowest BCUT2D eigenvalue weighted by molar-refractivity contribution is 0.0977. The number of nitrogens with one attached hydrogen (secondary N) is 2. The third kappa shape index (κ3) is 4.36. The number of hydrogen-bond donors (Lipinski definition) is 2. The summed E-state index contributed by atoms with van der Waals surface area (Å²) in [5.41, 5.74) is 3.21. The van der Waals surface area contributed by atoms with E-state index < -0.39 is 11.7 Å². The highest BCUT2D eigenvalue weighted by molar-refractivity contribution is 7.80. The van der Waals surface area contributed by atoms with Crippen LogP contribution in [0.1, 0.15) is 21.5 Å². The molecule has 2 aromatic rings. The van der Waals surface area contributed by atoms with Gasteiger partial charge in [-0.15, -0.1) is 0 Å². The van der Waals surface area contributed by atoms with E-state index in [4.69, 9.17) is 12.2 Å². The molecule has 1 amide bonds. The second-order valence-electron chi connectivity index (χ2n) is 4.79. The molecule has 0 atom stereocenters. The minimum atomic E-state index is -0.462. The number of benzene rings is 2. The van der Waals surface area contributed by atoms with Gasteiger partial charge in [0.1, 0.15) is 5.82 Å². The van der Waals surface area contributed by atoms with Crippen molar-refractivity contribution in [1.29, 1.82) is 0 Å². The van der Waals surface area contributed by atoms with Gasteiger partial charge in [0.15, 0.2) is 5.11 Å². The Morgan fingerprint density at radius 2 is 1.76 bits per heavy atom. The van der Waals surface area contributed by atoms with Crippen molar-refractivity contribution in [3.63, 3.8) is 0 Å². The summed E-state index contributed by atoms with van der Waals surface area (Å²) in [6.45, 7) is 3.96. The molecule has 21 heavy (non-hydrogen) atoms. The zero-order chi connectivity index (χ0) is 15.4. The van der Waals surface area contributed by atoms with Crippen LogP contribution in [0.15, 0.2) is 42.5 Å². The average molecular weight is 302 g/mol. The molecule has 5 heteroatoms. The second-order valence-corrected chi connectivity index (χ2v) is 5.20. The van der Waals surface area contributed by atoms with Crippen LogP contribution in [0.4, 0.5) is 10.1 Å². The predicted molar refractivity (Wildman–Crippen MR) is 86.0 cm³/mol. The maximum absolute atomic E-state index is 13.1. The molecule has 0 aromatic heterocycles. The summed E-state index contributed by atoms with van der Waals surface area (Å²) < 4.78 is 13.1. The number of carbonyl (C=O) groups excluding carboxylic acids is 1. The Balaban J connectivity index is 2.03. The topological polar surface area (TPSA) is 41.1 Å². The molecule has 0 radical (unpaired) electrons. The fraction of sp³-hybridized carbons (Fsp3) is 0.125. The highest BCUT2D eigenvalue weighted by atomic mass is 32.1. The Labute approximate surface area is 128 Å². The zero-order valence-electron chi connectivity index (χ0n) is 11.7. The Hall–Kier alpha value is -2.27. The molecule has 0 aliphatic rings. The van der Waals surface area contributed by atoms with E-state index in [0.29, 0.717) is 0 Å². The SMILES string of the molecule is Cc1cc(C)cc(NC(=S)NC(=O)c2cccc(F)c2)c1.